The molecule has 0 saturated carbocycles. The Morgan fingerprint density at radius 2 is 1.92 bits per heavy atom. The Hall–Kier alpha value is -1.22. The van der Waals surface area contributed by atoms with E-state index in [-0.39, 0.29) is 24.0 Å². The lowest BCUT2D eigenvalue weighted by Crippen LogP contribution is -2.37. The van der Waals surface area contributed by atoms with Gasteiger partial charge in [-0.1, -0.05) is 12.1 Å². The second-order valence-corrected chi connectivity index (χ2v) is 6.58. The van der Waals surface area contributed by atoms with E-state index in [9.17, 15) is 0 Å². The zero-order valence-corrected chi connectivity index (χ0v) is 18.5. The van der Waals surface area contributed by atoms with E-state index in [1.54, 1.807) is 18.8 Å². The van der Waals surface area contributed by atoms with E-state index >= 15 is 0 Å². The molecule has 0 amide bonds. The topological polar surface area (TPSA) is 54.2 Å². The monoisotopic (exact) mass is 473 g/mol. The highest BCUT2D eigenvalue weighted by Crippen LogP contribution is 2.14. The smallest absolute Gasteiger partial charge is 0.191 e. The van der Waals surface area contributed by atoms with Gasteiger partial charge in [-0.15, -0.1) is 35.7 Å². The fourth-order valence-electron chi connectivity index (χ4n) is 2.49. The second kappa shape index (κ2) is 11.4. The summed E-state index contributed by atoms with van der Waals surface area (Å²) in [6.45, 7) is 6.67. The Morgan fingerprint density at radius 3 is 2.48 bits per heavy atom. The normalized spacial score (nSPS) is 11.1. The number of benzene rings is 1. The van der Waals surface area contributed by atoms with E-state index < -0.39 is 0 Å². The molecule has 1 aromatic carbocycles. The molecule has 0 aliphatic carbocycles. The van der Waals surface area contributed by atoms with Crippen LogP contribution in [0.3, 0.4) is 0 Å². The lowest BCUT2D eigenvalue weighted by Gasteiger charge is -2.12. The van der Waals surface area contributed by atoms with Gasteiger partial charge in [0.1, 0.15) is 0 Å². The van der Waals surface area contributed by atoms with Gasteiger partial charge in [0.2, 0.25) is 0 Å². The van der Waals surface area contributed by atoms with Crippen molar-refractivity contribution in [2.45, 2.75) is 38.3 Å². The molecular formula is C18H28IN5S. The summed E-state index contributed by atoms with van der Waals surface area (Å²) in [6.07, 6.45) is 3.09. The number of thioether (sulfide) groups is 1. The first-order chi connectivity index (χ1) is 11.6. The minimum Gasteiger partial charge on any atom is -0.356 e. The average Bonchev–Trinajstić information content (AvgIpc) is 2.92. The van der Waals surface area contributed by atoms with Crippen molar-refractivity contribution < 1.29 is 0 Å². The maximum absolute atomic E-state index is 4.48. The van der Waals surface area contributed by atoms with Crippen molar-refractivity contribution >= 4 is 41.7 Å². The minimum absolute atomic E-state index is 0. The summed E-state index contributed by atoms with van der Waals surface area (Å²) in [5, 5.41) is 11.2. The number of aromatic nitrogens is 2. The molecule has 7 heteroatoms. The van der Waals surface area contributed by atoms with Crippen LogP contribution in [0.25, 0.3) is 0 Å². The van der Waals surface area contributed by atoms with Crippen LogP contribution in [0.5, 0.6) is 0 Å². The minimum atomic E-state index is 0. The Kier molecular flexibility index (Phi) is 9.96. The molecular weight excluding hydrogens is 445 g/mol. The van der Waals surface area contributed by atoms with Gasteiger partial charge in [0.25, 0.3) is 0 Å². The number of aryl methyl sites for hydroxylation is 3. The summed E-state index contributed by atoms with van der Waals surface area (Å²) in [7, 11) is 1.80. The fraction of sp³-hybridized carbons (Fsp3) is 0.444. The van der Waals surface area contributed by atoms with Crippen molar-refractivity contribution in [2.75, 3.05) is 19.8 Å². The van der Waals surface area contributed by atoms with Gasteiger partial charge in [-0.2, -0.15) is 5.10 Å². The Labute approximate surface area is 172 Å². The molecule has 0 aliphatic rings. The standard InChI is InChI=1S/C18H27N5S.HI/c1-14-12-15(2)23(22-14)11-5-10-20-18(19-3)21-13-16-6-8-17(24-4)9-7-16;/h6-9,12H,5,10-11,13H2,1-4H3,(H2,19,20,21);1H. The van der Waals surface area contributed by atoms with Crippen molar-refractivity contribution in [1.29, 1.82) is 0 Å². The van der Waals surface area contributed by atoms with Crippen molar-refractivity contribution in [2.24, 2.45) is 4.99 Å². The van der Waals surface area contributed by atoms with Gasteiger partial charge in [0, 0.05) is 37.3 Å². The number of hydrogen-bond donors (Lipinski definition) is 2. The van der Waals surface area contributed by atoms with Crippen LogP contribution in [0.2, 0.25) is 0 Å². The van der Waals surface area contributed by atoms with Gasteiger partial charge in [0.05, 0.1) is 5.69 Å². The van der Waals surface area contributed by atoms with Crippen molar-refractivity contribution in [3.63, 3.8) is 0 Å². The van der Waals surface area contributed by atoms with Crippen molar-refractivity contribution in [3.8, 4) is 0 Å². The first-order valence-corrected chi connectivity index (χ1v) is 9.43. The first kappa shape index (κ1) is 21.8. The van der Waals surface area contributed by atoms with Crippen LogP contribution in [0.15, 0.2) is 40.2 Å². The first-order valence-electron chi connectivity index (χ1n) is 8.21. The summed E-state index contributed by atoms with van der Waals surface area (Å²) in [5.41, 5.74) is 3.53. The van der Waals surface area contributed by atoms with E-state index in [2.05, 4.69) is 68.9 Å². The van der Waals surface area contributed by atoms with Crippen LogP contribution in [0.1, 0.15) is 23.4 Å². The number of nitrogens with zero attached hydrogens (tertiary/aromatic N) is 3. The Bertz CT molecular complexity index is 667. The molecule has 1 heterocycles. The molecule has 0 spiro atoms. The van der Waals surface area contributed by atoms with Gasteiger partial charge in [-0.25, -0.2) is 0 Å². The highest BCUT2D eigenvalue weighted by atomic mass is 127. The summed E-state index contributed by atoms with van der Waals surface area (Å²) >= 11 is 1.76. The number of halogens is 1. The number of nitrogens with one attached hydrogen (secondary N) is 2. The predicted octanol–water partition coefficient (Wildman–Crippen LogP) is 3.60. The highest BCUT2D eigenvalue weighted by Gasteiger charge is 2.02. The lowest BCUT2D eigenvalue weighted by atomic mass is 10.2. The van der Waals surface area contributed by atoms with Gasteiger partial charge >= 0.3 is 0 Å². The highest BCUT2D eigenvalue weighted by molar-refractivity contribution is 14.0. The molecule has 0 radical (unpaired) electrons. The maximum Gasteiger partial charge on any atom is 0.191 e. The third-order valence-electron chi connectivity index (χ3n) is 3.79. The molecule has 1 aromatic heterocycles. The third kappa shape index (κ3) is 7.27. The largest absolute Gasteiger partial charge is 0.356 e. The predicted molar refractivity (Wildman–Crippen MR) is 118 cm³/mol. The molecule has 0 aliphatic heterocycles. The van der Waals surface area contributed by atoms with Crippen LogP contribution < -0.4 is 10.6 Å². The molecule has 0 atom stereocenters. The molecule has 0 fully saturated rings. The van der Waals surface area contributed by atoms with Crippen molar-refractivity contribution in [1.82, 2.24) is 20.4 Å². The van der Waals surface area contributed by atoms with Gasteiger partial charge < -0.3 is 10.6 Å². The van der Waals surface area contributed by atoms with Gasteiger partial charge in [-0.3, -0.25) is 9.67 Å². The van der Waals surface area contributed by atoms with E-state index in [0.717, 1.165) is 37.7 Å². The number of aliphatic imine (C=N–C) groups is 1. The average molecular weight is 473 g/mol. The summed E-state index contributed by atoms with van der Waals surface area (Å²) in [6, 6.07) is 10.7. The van der Waals surface area contributed by atoms with E-state index in [0.29, 0.717) is 0 Å². The van der Waals surface area contributed by atoms with Crippen LogP contribution >= 0.6 is 35.7 Å². The summed E-state index contributed by atoms with van der Waals surface area (Å²) in [4.78, 5) is 5.55. The molecule has 2 aromatic rings. The van der Waals surface area contributed by atoms with Crippen LogP contribution in [0.4, 0.5) is 0 Å². The molecule has 5 nitrogen and oxygen atoms in total. The van der Waals surface area contributed by atoms with Crippen LogP contribution in [0, 0.1) is 13.8 Å². The zero-order valence-electron chi connectivity index (χ0n) is 15.4. The molecule has 0 bridgehead atoms. The SMILES string of the molecule is CN=C(NCCCn1nc(C)cc1C)NCc1ccc(SC)cc1.I. The zero-order chi connectivity index (χ0) is 17.4. The van der Waals surface area contributed by atoms with E-state index in [1.807, 2.05) is 6.92 Å². The summed E-state index contributed by atoms with van der Waals surface area (Å²) in [5.74, 6) is 0.831. The summed E-state index contributed by atoms with van der Waals surface area (Å²) < 4.78 is 2.06. The van der Waals surface area contributed by atoms with E-state index in [1.165, 1.54) is 16.2 Å². The molecule has 25 heavy (non-hydrogen) atoms. The molecule has 2 N–H and O–H groups in total. The van der Waals surface area contributed by atoms with E-state index in [4.69, 9.17) is 0 Å². The molecule has 138 valence electrons. The number of hydrogen-bond acceptors (Lipinski definition) is 3. The molecule has 0 unspecified atom stereocenters. The second-order valence-electron chi connectivity index (χ2n) is 5.70. The Morgan fingerprint density at radius 1 is 1.20 bits per heavy atom. The fourth-order valence-corrected chi connectivity index (χ4v) is 2.89. The molecule has 0 saturated heterocycles. The van der Waals surface area contributed by atoms with Gasteiger partial charge in [0.15, 0.2) is 5.96 Å². The number of guanidine groups is 1. The van der Waals surface area contributed by atoms with Crippen LogP contribution in [-0.4, -0.2) is 35.6 Å². The molecule has 2 rings (SSSR count). The number of rotatable bonds is 7. The lowest BCUT2D eigenvalue weighted by molar-refractivity contribution is 0.555. The Balaban J connectivity index is 0.00000312. The third-order valence-corrected chi connectivity index (χ3v) is 4.53. The quantitative estimate of drug-likeness (QED) is 0.212. The van der Waals surface area contributed by atoms with Gasteiger partial charge in [-0.05, 0) is 50.3 Å². The maximum atomic E-state index is 4.48. The van der Waals surface area contributed by atoms with Crippen molar-refractivity contribution in [3.05, 3.63) is 47.3 Å². The van der Waals surface area contributed by atoms with Crippen LogP contribution in [-0.2, 0) is 13.1 Å².